The van der Waals surface area contributed by atoms with Gasteiger partial charge in [-0.3, -0.25) is 9.78 Å². The predicted octanol–water partition coefficient (Wildman–Crippen LogP) is 2.48. The molecule has 10 heteroatoms. The van der Waals surface area contributed by atoms with E-state index >= 15 is 0 Å². The molecule has 1 aliphatic heterocycles. The average Bonchev–Trinajstić information content (AvgIpc) is 2.96. The van der Waals surface area contributed by atoms with Crippen LogP contribution in [0, 0.1) is 17.7 Å². The number of carbonyl (C=O) groups excluding carboxylic acids is 1. The monoisotopic (exact) mass is 492 g/mol. The van der Waals surface area contributed by atoms with E-state index in [9.17, 15) is 19.4 Å². The van der Waals surface area contributed by atoms with Crippen molar-refractivity contribution in [3.8, 4) is 29.1 Å². The summed E-state index contributed by atoms with van der Waals surface area (Å²) in [5.74, 6) is 5.35. The van der Waals surface area contributed by atoms with Crippen LogP contribution in [0.25, 0.3) is 0 Å². The number of halogens is 1. The van der Waals surface area contributed by atoms with Crippen LogP contribution in [-0.4, -0.2) is 57.6 Å². The molecule has 2 aromatic heterocycles. The van der Waals surface area contributed by atoms with Crippen molar-refractivity contribution in [1.82, 2.24) is 15.3 Å². The van der Waals surface area contributed by atoms with Crippen molar-refractivity contribution >= 4 is 11.7 Å². The van der Waals surface area contributed by atoms with Crippen molar-refractivity contribution in [3.05, 3.63) is 71.9 Å². The molecule has 1 unspecified atom stereocenters. The number of hydrogen-bond acceptors (Lipinski definition) is 8. The van der Waals surface area contributed by atoms with E-state index in [1.54, 1.807) is 45.2 Å². The van der Waals surface area contributed by atoms with Gasteiger partial charge in [-0.2, -0.15) is 0 Å². The summed E-state index contributed by atoms with van der Waals surface area (Å²) in [7, 11) is 1.61. The Morgan fingerprint density at radius 2 is 2.06 bits per heavy atom. The molecule has 0 saturated carbocycles. The second-order valence-corrected chi connectivity index (χ2v) is 8.65. The number of para-hydroxylation sites is 1. The maximum absolute atomic E-state index is 13.9. The van der Waals surface area contributed by atoms with Crippen molar-refractivity contribution in [2.24, 2.45) is 0 Å². The van der Waals surface area contributed by atoms with E-state index in [-0.39, 0.29) is 23.8 Å². The van der Waals surface area contributed by atoms with Gasteiger partial charge in [0, 0.05) is 19.3 Å². The summed E-state index contributed by atoms with van der Waals surface area (Å²) in [6.07, 6.45) is 0.186. The molecule has 4 rings (SSSR count). The van der Waals surface area contributed by atoms with E-state index in [0.29, 0.717) is 17.3 Å². The molecule has 1 aliphatic rings. The fraction of sp³-hybridized carbons (Fsp3) is 0.269. The third kappa shape index (κ3) is 5.89. The molecule has 3 heterocycles. The number of aromatic nitrogens is 2. The molecule has 0 fully saturated rings. The summed E-state index contributed by atoms with van der Waals surface area (Å²) < 4.78 is 25.2. The molecule has 0 spiro atoms. The highest BCUT2D eigenvalue weighted by atomic mass is 19.1. The largest absolute Gasteiger partial charge is 0.487 e. The number of amides is 1. The molecular weight excluding hydrogens is 467 g/mol. The first-order valence-corrected chi connectivity index (χ1v) is 11.1. The quantitative estimate of drug-likeness (QED) is 0.476. The minimum Gasteiger partial charge on any atom is -0.487 e. The average molecular weight is 493 g/mol. The number of nitrogens with one attached hydrogen (secondary N) is 1. The summed E-state index contributed by atoms with van der Waals surface area (Å²) in [5, 5.41) is 23.5. The number of anilines is 1. The van der Waals surface area contributed by atoms with Crippen LogP contribution in [0.5, 0.6) is 17.2 Å². The van der Waals surface area contributed by atoms with Crippen LogP contribution in [0.15, 0.2) is 54.7 Å². The van der Waals surface area contributed by atoms with Crippen molar-refractivity contribution in [2.45, 2.75) is 31.7 Å². The normalized spacial score (nSPS) is 17.1. The van der Waals surface area contributed by atoms with Crippen molar-refractivity contribution in [1.29, 1.82) is 0 Å². The number of likely N-dealkylation sites (N-methyl/N-ethyl adjacent to an activating group) is 1. The number of ether oxygens (including phenoxy) is 2. The van der Waals surface area contributed by atoms with Gasteiger partial charge < -0.3 is 29.9 Å². The molecule has 0 saturated heterocycles. The fourth-order valence-corrected chi connectivity index (χ4v) is 3.36. The number of aliphatic hydroxyl groups excluding tert-OH is 1. The van der Waals surface area contributed by atoms with Crippen LogP contribution >= 0.6 is 0 Å². The second kappa shape index (κ2) is 10.2. The first kappa shape index (κ1) is 24.9. The lowest BCUT2D eigenvalue weighted by molar-refractivity contribution is 0.0766. The Kier molecular flexibility index (Phi) is 7.05. The van der Waals surface area contributed by atoms with E-state index in [2.05, 4.69) is 27.1 Å². The first-order valence-electron chi connectivity index (χ1n) is 11.1. The number of aliphatic hydroxyl groups is 2. The lowest BCUT2D eigenvalue weighted by Gasteiger charge is -2.28. The number of carbonyl (C=O) groups is 1. The molecule has 0 bridgehead atoms. The van der Waals surface area contributed by atoms with Crippen LogP contribution in [0.1, 0.15) is 30.0 Å². The molecular formula is C26H25FN4O5. The van der Waals surface area contributed by atoms with Crippen molar-refractivity contribution < 1.29 is 28.9 Å². The fourth-order valence-electron chi connectivity index (χ4n) is 3.36. The number of fused-ring (bicyclic) bond motifs is 1. The zero-order valence-electron chi connectivity index (χ0n) is 19.9. The van der Waals surface area contributed by atoms with Gasteiger partial charge in [0.1, 0.15) is 35.4 Å². The highest BCUT2D eigenvalue weighted by molar-refractivity contribution is 5.92. The number of pyridine rings is 2. The molecule has 3 aromatic rings. The standard InChI is InChI=1S/C26H25FN4O5/c1-26(2,34)12-10-16-8-9-22-23(29-16)31(3)25(33)20(15-35-22)30-24(32)19-14-17(11-13-28-19)36-21-7-5-4-6-18(21)27/h4-9,11,13-14,20,25,33-34H,15H2,1-3H3,(H,30,32)/t20-,25?/m0/s1. The number of hydrogen-bond donors (Lipinski definition) is 3. The minimum atomic E-state index is -1.18. The third-order valence-electron chi connectivity index (χ3n) is 5.19. The lowest BCUT2D eigenvalue weighted by Crippen LogP contribution is -2.52. The number of nitrogens with zero attached hydrogens (tertiary/aromatic N) is 3. The molecule has 0 radical (unpaired) electrons. The van der Waals surface area contributed by atoms with E-state index in [1.807, 2.05) is 0 Å². The zero-order valence-corrected chi connectivity index (χ0v) is 19.9. The number of benzene rings is 1. The highest BCUT2D eigenvalue weighted by Crippen LogP contribution is 2.30. The molecule has 2 atom stereocenters. The molecule has 3 N–H and O–H groups in total. The van der Waals surface area contributed by atoms with Crippen LogP contribution < -0.4 is 19.7 Å². The van der Waals surface area contributed by atoms with Gasteiger partial charge in [-0.05, 0) is 50.1 Å². The smallest absolute Gasteiger partial charge is 0.270 e. The van der Waals surface area contributed by atoms with Gasteiger partial charge in [0.25, 0.3) is 5.91 Å². The predicted molar refractivity (Wildman–Crippen MR) is 129 cm³/mol. The van der Waals surface area contributed by atoms with Crippen LogP contribution in [0.4, 0.5) is 10.2 Å². The lowest BCUT2D eigenvalue weighted by atomic mass is 10.1. The summed E-state index contributed by atoms with van der Waals surface area (Å²) in [4.78, 5) is 22.9. The van der Waals surface area contributed by atoms with Crippen LogP contribution in [0.2, 0.25) is 0 Å². The van der Waals surface area contributed by atoms with E-state index < -0.39 is 29.6 Å². The number of rotatable bonds is 4. The molecule has 1 aromatic carbocycles. The summed E-state index contributed by atoms with van der Waals surface area (Å²) in [5.41, 5.74) is -0.781. The van der Waals surface area contributed by atoms with Crippen LogP contribution in [0.3, 0.4) is 0 Å². The van der Waals surface area contributed by atoms with E-state index in [4.69, 9.17) is 9.47 Å². The molecule has 36 heavy (non-hydrogen) atoms. The minimum absolute atomic E-state index is 0.0150. The maximum Gasteiger partial charge on any atom is 0.270 e. The van der Waals surface area contributed by atoms with Gasteiger partial charge in [0.05, 0.1) is 0 Å². The summed E-state index contributed by atoms with van der Waals surface area (Å²) >= 11 is 0. The zero-order chi connectivity index (χ0) is 25.9. The molecule has 9 nitrogen and oxygen atoms in total. The van der Waals surface area contributed by atoms with Gasteiger partial charge in [-0.15, -0.1) is 0 Å². The van der Waals surface area contributed by atoms with E-state index in [0.717, 1.165) is 0 Å². The van der Waals surface area contributed by atoms with Crippen molar-refractivity contribution in [2.75, 3.05) is 18.6 Å². The Morgan fingerprint density at radius 1 is 1.28 bits per heavy atom. The second-order valence-electron chi connectivity index (χ2n) is 8.65. The maximum atomic E-state index is 13.9. The van der Waals surface area contributed by atoms with Crippen LogP contribution in [-0.2, 0) is 0 Å². The molecule has 0 aliphatic carbocycles. The van der Waals surface area contributed by atoms with Gasteiger partial charge in [-0.25, -0.2) is 9.37 Å². The van der Waals surface area contributed by atoms with Gasteiger partial charge in [0.2, 0.25) is 0 Å². The Morgan fingerprint density at radius 3 is 2.81 bits per heavy atom. The van der Waals surface area contributed by atoms with Gasteiger partial charge in [0.15, 0.2) is 29.4 Å². The molecule has 1 amide bonds. The summed E-state index contributed by atoms with van der Waals surface area (Å²) in [6.45, 7) is 3.09. The SMILES string of the molecule is CN1c2nc(C#CC(C)(C)O)ccc2OC[C@H](NC(=O)c2cc(Oc3ccccc3F)ccn2)C1O. The first-order chi connectivity index (χ1) is 17.1. The highest BCUT2D eigenvalue weighted by Gasteiger charge is 2.32. The third-order valence-corrected chi connectivity index (χ3v) is 5.19. The van der Waals surface area contributed by atoms with E-state index in [1.165, 1.54) is 35.4 Å². The van der Waals surface area contributed by atoms with Gasteiger partial charge >= 0.3 is 0 Å². The van der Waals surface area contributed by atoms with Gasteiger partial charge in [-0.1, -0.05) is 18.1 Å². The Bertz CT molecular complexity index is 1330. The Hall–Kier alpha value is -4.20. The topological polar surface area (TPSA) is 117 Å². The molecule has 186 valence electrons. The Labute approximate surface area is 207 Å². The Balaban J connectivity index is 1.48. The summed E-state index contributed by atoms with van der Waals surface area (Å²) in [6, 6.07) is 11.3. The van der Waals surface area contributed by atoms with Crippen molar-refractivity contribution in [3.63, 3.8) is 0 Å².